The topological polar surface area (TPSA) is 39.9 Å². The van der Waals surface area contributed by atoms with E-state index in [1.54, 1.807) is 6.20 Å². The summed E-state index contributed by atoms with van der Waals surface area (Å²) >= 11 is 0. The minimum absolute atomic E-state index is 0.605. The molecular weight excluding hydrogens is 550 g/mol. The summed E-state index contributed by atoms with van der Waals surface area (Å²) in [4.78, 5) is 9.69. The van der Waals surface area contributed by atoms with Crippen LogP contribution in [0.15, 0.2) is 158 Å². The number of aryl methyl sites for hydroxylation is 1. The van der Waals surface area contributed by atoms with E-state index in [0.29, 0.717) is 11.6 Å². The smallest absolute Gasteiger partial charge is 0.172 e. The second-order valence-electron chi connectivity index (χ2n) is 11.2. The first-order valence-corrected chi connectivity index (χ1v) is 15.1. The van der Waals surface area contributed by atoms with E-state index >= 15 is 0 Å². The van der Waals surface area contributed by atoms with Gasteiger partial charge in [-0.05, 0) is 60.5 Å². The molecule has 0 bridgehead atoms. The second kappa shape index (κ2) is 11.3. The lowest BCUT2D eigenvalue weighted by molar-refractivity contribution is 0.480. The number of hydrogen-bond acceptors (Lipinski definition) is 3. The third kappa shape index (κ3) is 5.02. The molecule has 0 aliphatic carbocycles. The average Bonchev–Trinajstić information content (AvgIpc) is 3.43. The Balaban J connectivity index is 1.17. The monoisotopic (exact) mass is 579 g/mol. The first-order chi connectivity index (χ1) is 22.2. The van der Waals surface area contributed by atoms with E-state index in [9.17, 15) is 0 Å². The van der Waals surface area contributed by atoms with Crippen molar-refractivity contribution in [3.63, 3.8) is 0 Å². The quantitative estimate of drug-likeness (QED) is 0.197. The van der Waals surface area contributed by atoms with Gasteiger partial charge in [0.15, 0.2) is 11.6 Å². The minimum atomic E-state index is 0.605. The molecular formula is C41H29N3O. The zero-order valence-corrected chi connectivity index (χ0v) is 24.8. The summed E-state index contributed by atoms with van der Waals surface area (Å²) in [5.41, 5.74) is 9.52. The summed E-state index contributed by atoms with van der Waals surface area (Å²) < 4.78 is 8.87. The molecule has 0 saturated carbocycles. The third-order valence-electron chi connectivity index (χ3n) is 8.16. The highest BCUT2D eigenvalue weighted by atomic mass is 16.5. The molecule has 0 unspecified atom stereocenters. The van der Waals surface area contributed by atoms with Crippen LogP contribution in [0.1, 0.15) is 5.56 Å². The fraction of sp³-hybridized carbons (Fsp3) is 0.0244. The van der Waals surface area contributed by atoms with E-state index < -0.39 is 0 Å². The second-order valence-corrected chi connectivity index (χ2v) is 11.2. The van der Waals surface area contributed by atoms with E-state index in [2.05, 4.69) is 109 Å². The number of benzene rings is 6. The lowest BCUT2D eigenvalue weighted by atomic mass is 10.0. The molecule has 4 heteroatoms. The molecule has 0 atom stereocenters. The minimum Gasteiger partial charge on any atom is -0.453 e. The Kier molecular flexibility index (Phi) is 6.65. The summed E-state index contributed by atoms with van der Waals surface area (Å²) in [5.74, 6) is 1.99. The third-order valence-corrected chi connectivity index (χ3v) is 8.16. The van der Waals surface area contributed by atoms with Gasteiger partial charge >= 0.3 is 0 Å². The molecule has 0 aliphatic rings. The van der Waals surface area contributed by atoms with Crippen molar-refractivity contribution in [3.8, 4) is 51.0 Å². The molecule has 45 heavy (non-hydrogen) atoms. The predicted octanol–water partition coefficient (Wildman–Crippen LogP) is 10.7. The number of rotatable bonds is 6. The van der Waals surface area contributed by atoms with Crippen molar-refractivity contribution in [1.29, 1.82) is 0 Å². The largest absolute Gasteiger partial charge is 0.453 e. The first kappa shape index (κ1) is 26.6. The number of para-hydroxylation sites is 2. The van der Waals surface area contributed by atoms with Crippen molar-refractivity contribution in [2.75, 3.05) is 0 Å². The van der Waals surface area contributed by atoms with Crippen LogP contribution in [-0.2, 0) is 0 Å². The van der Waals surface area contributed by atoms with E-state index in [1.165, 1.54) is 21.8 Å². The number of nitrogens with zero attached hydrogens (tertiary/aromatic N) is 3. The van der Waals surface area contributed by atoms with E-state index in [-0.39, 0.29) is 0 Å². The van der Waals surface area contributed by atoms with Crippen LogP contribution in [0, 0.1) is 6.92 Å². The first-order valence-electron chi connectivity index (χ1n) is 15.1. The van der Waals surface area contributed by atoms with Gasteiger partial charge in [0.2, 0.25) is 0 Å². The van der Waals surface area contributed by atoms with Crippen molar-refractivity contribution in [1.82, 2.24) is 14.5 Å². The van der Waals surface area contributed by atoms with Crippen LogP contribution in [0.25, 0.3) is 61.3 Å². The standard InChI is InChI=1S/C41H29N3O/c1-28-12-9-17-32(24-28)41-42-27-39(40(43-41)29-13-3-2-4-14-29)45-34-19-11-16-31(26-34)30-15-10-18-33(25-30)44-37-22-7-5-20-35(37)36-21-6-8-23-38(36)44/h2-27H,1H3. The predicted molar refractivity (Wildman–Crippen MR) is 184 cm³/mol. The maximum Gasteiger partial charge on any atom is 0.172 e. The summed E-state index contributed by atoms with van der Waals surface area (Å²) in [5, 5.41) is 2.50. The molecule has 6 aromatic carbocycles. The highest BCUT2D eigenvalue weighted by Gasteiger charge is 2.15. The lowest BCUT2D eigenvalue weighted by Gasteiger charge is -2.14. The van der Waals surface area contributed by atoms with Gasteiger partial charge in [-0.25, -0.2) is 9.97 Å². The summed E-state index contributed by atoms with van der Waals surface area (Å²) in [6.45, 7) is 2.07. The average molecular weight is 580 g/mol. The maximum atomic E-state index is 6.53. The molecule has 0 spiro atoms. The molecule has 0 radical (unpaired) electrons. The number of hydrogen-bond donors (Lipinski definition) is 0. The fourth-order valence-electron chi connectivity index (χ4n) is 6.06. The summed E-state index contributed by atoms with van der Waals surface area (Å²) in [7, 11) is 0. The van der Waals surface area contributed by atoms with Crippen molar-refractivity contribution in [2.45, 2.75) is 6.92 Å². The molecule has 0 N–H and O–H groups in total. The van der Waals surface area contributed by atoms with Crippen molar-refractivity contribution < 1.29 is 4.74 Å². The van der Waals surface area contributed by atoms with Gasteiger partial charge in [-0.3, -0.25) is 0 Å². The van der Waals surface area contributed by atoms with Crippen LogP contribution in [0.2, 0.25) is 0 Å². The molecule has 214 valence electrons. The highest BCUT2D eigenvalue weighted by molar-refractivity contribution is 6.09. The van der Waals surface area contributed by atoms with Crippen LogP contribution in [-0.4, -0.2) is 14.5 Å². The Labute approximate surface area is 261 Å². The van der Waals surface area contributed by atoms with E-state index in [1.807, 2.05) is 54.6 Å². The van der Waals surface area contributed by atoms with Crippen molar-refractivity contribution >= 4 is 21.8 Å². The van der Waals surface area contributed by atoms with Gasteiger partial charge in [0, 0.05) is 27.6 Å². The normalized spacial score (nSPS) is 11.2. The molecule has 0 saturated heterocycles. The Hall–Kier alpha value is -6.00. The SMILES string of the molecule is Cc1cccc(-c2ncc(Oc3cccc(-c4cccc(-n5c6ccccc6c6ccccc65)c4)c3)c(-c3ccccc3)n2)c1. The zero-order valence-electron chi connectivity index (χ0n) is 24.8. The van der Waals surface area contributed by atoms with Crippen molar-refractivity contribution in [2.24, 2.45) is 0 Å². The van der Waals surface area contributed by atoms with Gasteiger partial charge in [-0.15, -0.1) is 0 Å². The van der Waals surface area contributed by atoms with Gasteiger partial charge in [-0.2, -0.15) is 0 Å². The number of aromatic nitrogens is 3. The van der Waals surface area contributed by atoms with Gasteiger partial charge < -0.3 is 9.30 Å². The summed E-state index contributed by atoms with van der Waals surface area (Å²) in [6.07, 6.45) is 1.78. The van der Waals surface area contributed by atoms with Crippen LogP contribution in [0.3, 0.4) is 0 Å². The van der Waals surface area contributed by atoms with Crippen LogP contribution >= 0.6 is 0 Å². The molecule has 8 aromatic rings. The van der Waals surface area contributed by atoms with E-state index in [0.717, 1.165) is 44.9 Å². The number of fused-ring (bicyclic) bond motifs is 3. The molecule has 2 heterocycles. The number of ether oxygens (including phenoxy) is 1. The maximum absolute atomic E-state index is 6.53. The van der Waals surface area contributed by atoms with Crippen LogP contribution < -0.4 is 4.74 Å². The Bertz CT molecular complexity index is 2270. The Morgan fingerprint density at radius 3 is 1.91 bits per heavy atom. The molecule has 0 fully saturated rings. The summed E-state index contributed by atoms with van der Waals surface area (Å²) in [6, 6.07) is 52.4. The molecule has 2 aromatic heterocycles. The van der Waals surface area contributed by atoms with Gasteiger partial charge in [0.1, 0.15) is 11.4 Å². The highest BCUT2D eigenvalue weighted by Crippen LogP contribution is 2.36. The molecule has 8 rings (SSSR count). The van der Waals surface area contributed by atoms with Crippen molar-refractivity contribution in [3.05, 3.63) is 163 Å². The van der Waals surface area contributed by atoms with Crippen LogP contribution in [0.5, 0.6) is 11.5 Å². The van der Waals surface area contributed by atoms with Gasteiger partial charge in [0.25, 0.3) is 0 Å². The molecule has 0 aliphatic heterocycles. The van der Waals surface area contributed by atoms with Gasteiger partial charge in [0.05, 0.1) is 17.2 Å². The van der Waals surface area contributed by atoms with Crippen LogP contribution in [0.4, 0.5) is 0 Å². The Morgan fingerprint density at radius 2 is 1.16 bits per heavy atom. The van der Waals surface area contributed by atoms with Gasteiger partial charge in [-0.1, -0.05) is 115 Å². The molecule has 4 nitrogen and oxygen atoms in total. The zero-order chi connectivity index (χ0) is 30.2. The fourth-order valence-corrected chi connectivity index (χ4v) is 6.06. The lowest BCUT2D eigenvalue weighted by Crippen LogP contribution is -1.97. The Morgan fingerprint density at radius 1 is 0.533 bits per heavy atom. The molecule has 0 amide bonds. The van der Waals surface area contributed by atoms with E-state index in [4.69, 9.17) is 14.7 Å².